The fourth-order valence-corrected chi connectivity index (χ4v) is 2.28. The van der Waals surface area contributed by atoms with Crippen LogP contribution in [0.5, 0.6) is 0 Å². The Kier molecular flexibility index (Phi) is 6.12. The van der Waals surface area contributed by atoms with Crippen LogP contribution >= 0.6 is 24.0 Å². The van der Waals surface area contributed by atoms with E-state index in [4.69, 9.17) is 17.3 Å². The largest absolute Gasteiger partial charge is 0.326 e. The Morgan fingerprint density at radius 1 is 1.29 bits per heavy atom. The normalized spacial score (nSPS) is 24.1. The zero-order valence-corrected chi connectivity index (χ0v) is 11.2. The molecule has 3 N–H and O–H groups in total. The Balaban J connectivity index is 0.00000144. The number of rotatable bonds is 3. The lowest BCUT2D eigenvalue weighted by atomic mass is 9.91. The van der Waals surface area contributed by atoms with Gasteiger partial charge in [-0.15, -0.1) is 12.4 Å². The van der Waals surface area contributed by atoms with Gasteiger partial charge in [-0.25, -0.2) is 4.98 Å². The number of nitrogens with zero attached hydrogens (tertiary/aromatic N) is 2. The van der Waals surface area contributed by atoms with Crippen molar-refractivity contribution >= 4 is 24.0 Å². The van der Waals surface area contributed by atoms with E-state index in [-0.39, 0.29) is 18.4 Å². The van der Waals surface area contributed by atoms with Crippen LogP contribution in [0.3, 0.4) is 0 Å². The molecule has 1 heterocycles. The maximum absolute atomic E-state index is 6.05. The summed E-state index contributed by atoms with van der Waals surface area (Å²) in [5.74, 6) is 0. The second kappa shape index (κ2) is 7.11. The van der Waals surface area contributed by atoms with E-state index in [1.54, 1.807) is 12.4 Å². The van der Waals surface area contributed by atoms with Crippen molar-refractivity contribution in [3.05, 3.63) is 23.2 Å². The first-order chi connectivity index (χ1) is 7.77. The number of aromatic nitrogens is 2. The average molecular weight is 277 g/mol. The first-order valence-corrected chi connectivity index (χ1v) is 6.09. The lowest BCUT2D eigenvalue weighted by Crippen LogP contribution is -2.46. The predicted molar refractivity (Wildman–Crippen MR) is 71.4 cm³/mol. The number of hydrogen-bond acceptors (Lipinski definition) is 4. The molecular weight excluding hydrogens is 259 g/mol. The fraction of sp³-hybridized carbons (Fsp3) is 0.636. The molecule has 1 aromatic heterocycles. The smallest absolute Gasteiger partial charge is 0.151 e. The highest BCUT2D eigenvalue weighted by atomic mass is 35.5. The first-order valence-electron chi connectivity index (χ1n) is 5.71. The molecule has 0 aliphatic heterocycles. The summed E-state index contributed by atoms with van der Waals surface area (Å²) < 4.78 is 0. The van der Waals surface area contributed by atoms with E-state index < -0.39 is 0 Å². The van der Waals surface area contributed by atoms with Gasteiger partial charge in [0.15, 0.2) is 5.15 Å². The average Bonchev–Trinajstić information content (AvgIpc) is 2.30. The summed E-state index contributed by atoms with van der Waals surface area (Å²) in [5.41, 5.74) is 6.84. The molecule has 1 saturated carbocycles. The van der Waals surface area contributed by atoms with Gasteiger partial charge in [0.2, 0.25) is 0 Å². The van der Waals surface area contributed by atoms with Crippen molar-refractivity contribution in [3.63, 3.8) is 0 Å². The zero-order chi connectivity index (χ0) is 11.4. The standard InChI is InChI=1S/C11H17ClN4.ClH/c12-11-10(14-5-6-15-11)7-16-9-4-2-1-3-8(9)13;/h5-6,8-9,16H,1-4,7,13H2;1H. The van der Waals surface area contributed by atoms with E-state index in [1.165, 1.54) is 12.8 Å². The van der Waals surface area contributed by atoms with Crippen LogP contribution in [0.1, 0.15) is 31.4 Å². The maximum Gasteiger partial charge on any atom is 0.151 e. The summed E-state index contributed by atoms with van der Waals surface area (Å²) in [6.07, 6.45) is 7.98. The van der Waals surface area contributed by atoms with Crippen molar-refractivity contribution in [1.29, 1.82) is 0 Å². The topological polar surface area (TPSA) is 63.8 Å². The van der Waals surface area contributed by atoms with Crippen LogP contribution in [0.15, 0.2) is 12.4 Å². The molecule has 1 fully saturated rings. The van der Waals surface area contributed by atoms with E-state index in [0.717, 1.165) is 18.5 Å². The summed E-state index contributed by atoms with van der Waals surface area (Å²) in [6.45, 7) is 0.644. The molecule has 0 saturated heterocycles. The Morgan fingerprint density at radius 2 is 2.00 bits per heavy atom. The molecule has 0 radical (unpaired) electrons. The van der Waals surface area contributed by atoms with Gasteiger partial charge >= 0.3 is 0 Å². The quantitative estimate of drug-likeness (QED) is 0.886. The van der Waals surface area contributed by atoms with Crippen molar-refractivity contribution in [1.82, 2.24) is 15.3 Å². The summed E-state index contributed by atoms with van der Waals surface area (Å²) in [5, 5.41) is 3.89. The van der Waals surface area contributed by atoms with Crippen LogP contribution in [-0.4, -0.2) is 22.1 Å². The predicted octanol–water partition coefficient (Wildman–Crippen LogP) is 1.91. The molecule has 2 rings (SSSR count). The Labute approximate surface area is 113 Å². The van der Waals surface area contributed by atoms with Crippen molar-refractivity contribution in [2.45, 2.75) is 44.3 Å². The van der Waals surface area contributed by atoms with E-state index >= 15 is 0 Å². The van der Waals surface area contributed by atoms with Crippen molar-refractivity contribution in [2.24, 2.45) is 5.73 Å². The van der Waals surface area contributed by atoms with Crippen molar-refractivity contribution in [2.75, 3.05) is 0 Å². The van der Waals surface area contributed by atoms with Gasteiger partial charge in [-0.1, -0.05) is 24.4 Å². The summed E-state index contributed by atoms with van der Waals surface area (Å²) in [6, 6.07) is 0.635. The summed E-state index contributed by atoms with van der Waals surface area (Å²) in [7, 11) is 0. The molecule has 17 heavy (non-hydrogen) atoms. The van der Waals surface area contributed by atoms with Gasteiger partial charge < -0.3 is 11.1 Å². The number of hydrogen-bond donors (Lipinski definition) is 2. The lowest BCUT2D eigenvalue weighted by molar-refractivity contribution is 0.325. The minimum atomic E-state index is 0. The SMILES string of the molecule is Cl.NC1CCCCC1NCc1nccnc1Cl. The highest BCUT2D eigenvalue weighted by Crippen LogP contribution is 2.17. The van der Waals surface area contributed by atoms with E-state index in [0.29, 0.717) is 17.7 Å². The fourth-order valence-electron chi connectivity index (χ4n) is 2.11. The molecule has 1 aliphatic rings. The van der Waals surface area contributed by atoms with Crippen LogP contribution in [0, 0.1) is 0 Å². The highest BCUT2D eigenvalue weighted by molar-refractivity contribution is 6.29. The zero-order valence-electron chi connectivity index (χ0n) is 9.60. The molecule has 0 aromatic carbocycles. The van der Waals surface area contributed by atoms with Crippen LogP contribution in [0.25, 0.3) is 0 Å². The molecule has 6 heteroatoms. The number of nitrogens with two attached hydrogens (primary N) is 1. The Hall–Kier alpha value is -0.420. The third-order valence-corrected chi connectivity index (χ3v) is 3.39. The lowest BCUT2D eigenvalue weighted by Gasteiger charge is -2.29. The highest BCUT2D eigenvalue weighted by Gasteiger charge is 2.21. The summed E-state index contributed by atoms with van der Waals surface area (Å²) in [4.78, 5) is 8.18. The second-order valence-corrected chi connectivity index (χ2v) is 4.59. The number of nitrogens with one attached hydrogen (secondary N) is 1. The molecule has 4 nitrogen and oxygen atoms in total. The minimum absolute atomic E-state index is 0. The first kappa shape index (κ1) is 14.6. The summed E-state index contributed by atoms with van der Waals surface area (Å²) >= 11 is 5.93. The molecule has 96 valence electrons. The number of halogens is 2. The minimum Gasteiger partial charge on any atom is -0.326 e. The van der Waals surface area contributed by atoms with E-state index in [1.807, 2.05) is 0 Å². The van der Waals surface area contributed by atoms with Crippen LogP contribution < -0.4 is 11.1 Å². The molecule has 0 amide bonds. The molecule has 2 atom stereocenters. The van der Waals surface area contributed by atoms with Gasteiger partial charge in [0.25, 0.3) is 0 Å². The Bertz CT molecular complexity index is 348. The third-order valence-electron chi connectivity index (χ3n) is 3.07. The van der Waals surface area contributed by atoms with Gasteiger partial charge in [-0.05, 0) is 12.8 Å². The van der Waals surface area contributed by atoms with Crippen molar-refractivity contribution < 1.29 is 0 Å². The molecule has 2 unspecified atom stereocenters. The van der Waals surface area contributed by atoms with Gasteiger partial charge in [0, 0.05) is 31.0 Å². The second-order valence-electron chi connectivity index (χ2n) is 4.23. The van der Waals surface area contributed by atoms with Crippen LogP contribution in [0.2, 0.25) is 5.15 Å². The van der Waals surface area contributed by atoms with Gasteiger partial charge in [0.05, 0.1) is 5.69 Å². The Morgan fingerprint density at radius 3 is 2.71 bits per heavy atom. The molecule has 1 aliphatic carbocycles. The molecule has 0 bridgehead atoms. The van der Waals surface area contributed by atoms with Gasteiger partial charge in [-0.3, -0.25) is 4.98 Å². The van der Waals surface area contributed by atoms with E-state index in [2.05, 4.69) is 15.3 Å². The van der Waals surface area contributed by atoms with Gasteiger partial charge in [-0.2, -0.15) is 0 Å². The molecular formula is C11H18Cl2N4. The van der Waals surface area contributed by atoms with Crippen LogP contribution in [-0.2, 0) is 6.54 Å². The third kappa shape index (κ3) is 4.07. The maximum atomic E-state index is 6.05. The monoisotopic (exact) mass is 276 g/mol. The van der Waals surface area contributed by atoms with Gasteiger partial charge in [0.1, 0.15) is 0 Å². The molecule has 1 aromatic rings. The molecule has 0 spiro atoms. The van der Waals surface area contributed by atoms with Crippen LogP contribution in [0.4, 0.5) is 0 Å². The van der Waals surface area contributed by atoms with Crippen molar-refractivity contribution in [3.8, 4) is 0 Å². The van der Waals surface area contributed by atoms with E-state index in [9.17, 15) is 0 Å².